The summed E-state index contributed by atoms with van der Waals surface area (Å²) in [4.78, 5) is 24.2. The molecule has 2 atom stereocenters. The molecule has 0 spiro atoms. The highest BCUT2D eigenvalue weighted by Crippen LogP contribution is 2.18. The Hall–Kier alpha value is -1.14. The zero-order chi connectivity index (χ0) is 13.0. The fourth-order valence-corrected chi connectivity index (χ4v) is 2.43. The van der Waals surface area contributed by atoms with Crippen molar-refractivity contribution in [2.75, 3.05) is 33.0 Å². The Morgan fingerprint density at radius 2 is 2.22 bits per heavy atom. The van der Waals surface area contributed by atoms with Crippen molar-refractivity contribution < 1.29 is 24.2 Å². The molecule has 0 radical (unpaired) electrons. The molecule has 2 saturated heterocycles. The zero-order valence-electron chi connectivity index (χ0n) is 10.3. The van der Waals surface area contributed by atoms with Crippen molar-refractivity contribution in [3.05, 3.63) is 0 Å². The number of carbonyl (C=O) groups excluding carboxylic acids is 1. The Labute approximate surface area is 106 Å². The van der Waals surface area contributed by atoms with E-state index in [0.29, 0.717) is 32.1 Å². The second-order valence-corrected chi connectivity index (χ2v) is 4.83. The van der Waals surface area contributed by atoms with Gasteiger partial charge < -0.3 is 19.5 Å². The molecule has 0 aromatic rings. The van der Waals surface area contributed by atoms with Gasteiger partial charge in [0, 0.05) is 19.1 Å². The molecule has 1 N–H and O–H groups in total. The molecule has 0 bridgehead atoms. The number of ether oxygens (including phenoxy) is 2. The second-order valence-electron chi connectivity index (χ2n) is 4.83. The van der Waals surface area contributed by atoms with Crippen LogP contribution in [-0.4, -0.2) is 60.9 Å². The van der Waals surface area contributed by atoms with Gasteiger partial charge in [-0.15, -0.1) is 0 Å². The van der Waals surface area contributed by atoms with Gasteiger partial charge in [0.05, 0.1) is 13.2 Å². The van der Waals surface area contributed by atoms with Gasteiger partial charge in [-0.05, 0) is 19.3 Å². The number of nitrogens with zero attached hydrogens (tertiary/aromatic N) is 1. The van der Waals surface area contributed by atoms with Gasteiger partial charge in [-0.2, -0.15) is 0 Å². The maximum atomic E-state index is 11.8. The van der Waals surface area contributed by atoms with Crippen LogP contribution in [0.5, 0.6) is 0 Å². The van der Waals surface area contributed by atoms with E-state index in [1.54, 1.807) is 0 Å². The molecule has 2 rings (SSSR count). The van der Waals surface area contributed by atoms with Gasteiger partial charge in [-0.1, -0.05) is 0 Å². The average Bonchev–Trinajstić information content (AvgIpc) is 2.99. The summed E-state index contributed by atoms with van der Waals surface area (Å²) in [5, 5.41) is 8.98. The van der Waals surface area contributed by atoms with Gasteiger partial charge in [0.15, 0.2) is 0 Å². The molecule has 18 heavy (non-hydrogen) atoms. The monoisotopic (exact) mass is 257 g/mol. The zero-order valence-corrected chi connectivity index (χ0v) is 10.3. The first-order valence-electron chi connectivity index (χ1n) is 6.36. The SMILES string of the molecule is O=C(O)C1CCCN1C(=O)COCC1CCOC1. The first-order valence-corrected chi connectivity index (χ1v) is 6.36. The summed E-state index contributed by atoms with van der Waals surface area (Å²) in [5.41, 5.74) is 0. The van der Waals surface area contributed by atoms with Crippen LogP contribution >= 0.6 is 0 Å². The number of likely N-dealkylation sites (tertiary alicyclic amines) is 1. The molecule has 6 nitrogen and oxygen atoms in total. The summed E-state index contributed by atoms with van der Waals surface area (Å²) in [5.74, 6) is -0.782. The van der Waals surface area contributed by atoms with Crippen molar-refractivity contribution in [1.82, 2.24) is 4.90 Å². The van der Waals surface area contributed by atoms with Crippen LogP contribution in [0.1, 0.15) is 19.3 Å². The van der Waals surface area contributed by atoms with Crippen LogP contribution in [0, 0.1) is 5.92 Å². The molecule has 102 valence electrons. The van der Waals surface area contributed by atoms with Crippen LogP contribution in [0.4, 0.5) is 0 Å². The number of rotatable bonds is 5. The minimum absolute atomic E-state index is 0.0275. The molecule has 2 unspecified atom stereocenters. The average molecular weight is 257 g/mol. The maximum Gasteiger partial charge on any atom is 0.326 e. The van der Waals surface area contributed by atoms with Gasteiger partial charge in [0.1, 0.15) is 12.6 Å². The number of hydrogen-bond donors (Lipinski definition) is 1. The minimum atomic E-state index is -0.926. The summed E-state index contributed by atoms with van der Waals surface area (Å²) in [6, 6.07) is -0.670. The van der Waals surface area contributed by atoms with E-state index in [1.807, 2.05) is 0 Å². The lowest BCUT2D eigenvalue weighted by Crippen LogP contribution is -2.42. The predicted molar refractivity (Wildman–Crippen MR) is 62.1 cm³/mol. The maximum absolute atomic E-state index is 11.8. The molecule has 2 aliphatic heterocycles. The second kappa shape index (κ2) is 6.15. The van der Waals surface area contributed by atoms with Gasteiger partial charge in [-0.3, -0.25) is 4.79 Å². The normalized spacial score (nSPS) is 27.7. The van der Waals surface area contributed by atoms with Gasteiger partial charge in [-0.25, -0.2) is 4.79 Å². The Morgan fingerprint density at radius 3 is 2.89 bits per heavy atom. The molecular weight excluding hydrogens is 238 g/mol. The molecule has 6 heteroatoms. The lowest BCUT2D eigenvalue weighted by Gasteiger charge is -2.21. The Morgan fingerprint density at radius 1 is 1.39 bits per heavy atom. The summed E-state index contributed by atoms with van der Waals surface area (Å²) < 4.78 is 10.6. The fraction of sp³-hybridized carbons (Fsp3) is 0.833. The number of amides is 1. The molecule has 1 amide bonds. The van der Waals surface area contributed by atoms with Crippen molar-refractivity contribution >= 4 is 11.9 Å². The van der Waals surface area contributed by atoms with Crippen LogP contribution in [0.25, 0.3) is 0 Å². The van der Waals surface area contributed by atoms with Crippen LogP contribution in [-0.2, 0) is 19.1 Å². The van der Waals surface area contributed by atoms with E-state index in [2.05, 4.69) is 0 Å². The first kappa shape index (κ1) is 13.3. The van der Waals surface area contributed by atoms with E-state index in [9.17, 15) is 9.59 Å². The molecule has 2 fully saturated rings. The number of carboxylic acids is 1. The lowest BCUT2D eigenvalue weighted by molar-refractivity contribution is -0.150. The van der Waals surface area contributed by atoms with Crippen molar-refractivity contribution in [3.8, 4) is 0 Å². The van der Waals surface area contributed by atoms with Crippen molar-refractivity contribution in [1.29, 1.82) is 0 Å². The third-order valence-corrected chi connectivity index (χ3v) is 3.46. The van der Waals surface area contributed by atoms with E-state index in [0.717, 1.165) is 19.4 Å². The largest absolute Gasteiger partial charge is 0.480 e. The number of carbonyl (C=O) groups is 2. The van der Waals surface area contributed by atoms with E-state index in [-0.39, 0.29) is 12.5 Å². The topological polar surface area (TPSA) is 76.1 Å². The number of carboxylic acid groups (broad SMARTS) is 1. The minimum Gasteiger partial charge on any atom is -0.480 e. The number of hydrogen-bond acceptors (Lipinski definition) is 4. The van der Waals surface area contributed by atoms with E-state index in [4.69, 9.17) is 14.6 Å². The van der Waals surface area contributed by atoms with E-state index >= 15 is 0 Å². The van der Waals surface area contributed by atoms with Crippen LogP contribution in [0.2, 0.25) is 0 Å². The molecule has 0 saturated carbocycles. The summed E-state index contributed by atoms with van der Waals surface area (Å²) in [6.45, 7) is 2.45. The third kappa shape index (κ3) is 3.20. The molecule has 0 aliphatic carbocycles. The van der Waals surface area contributed by atoms with Crippen LogP contribution in [0.15, 0.2) is 0 Å². The predicted octanol–water partition coefficient (Wildman–Crippen LogP) is 0.115. The van der Waals surface area contributed by atoms with Crippen molar-refractivity contribution in [3.63, 3.8) is 0 Å². The Bertz CT molecular complexity index is 314. The standard InChI is InChI=1S/C12H19NO5/c14-11(8-18-7-9-3-5-17-6-9)13-4-1-2-10(13)12(15)16/h9-10H,1-8H2,(H,15,16). The van der Waals surface area contributed by atoms with E-state index in [1.165, 1.54) is 4.90 Å². The van der Waals surface area contributed by atoms with Gasteiger partial charge >= 0.3 is 5.97 Å². The lowest BCUT2D eigenvalue weighted by atomic mass is 10.1. The highest BCUT2D eigenvalue weighted by Gasteiger charge is 2.33. The molecule has 2 heterocycles. The number of aliphatic carboxylic acids is 1. The van der Waals surface area contributed by atoms with Gasteiger partial charge in [0.25, 0.3) is 0 Å². The van der Waals surface area contributed by atoms with Crippen LogP contribution in [0.3, 0.4) is 0 Å². The van der Waals surface area contributed by atoms with Crippen LogP contribution < -0.4 is 0 Å². The molecule has 0 aromatic carbocycles. The van der Waals surface area contributed by atoms with E-state index < -0.39 is 12.0 Å². The highest BCUT2D eigenvalue weighted by atomic mass is 16.5. The van der Waals surface area contributed by atoms with Gasteiger partial charge in [0.2, 0.25) is 5.91 Å². The molecule has 0 aromatic heterocycles. The molecule has 2 aliphatic rings. The quantitative estimate of drug-likeness (QED) is 0.756. The van der Waals surface area contributed by atoms with Crippen molar-refractivity contribution in [2.24, 2.45) is 5.92 Å². The highest BCUT2D eigenvalue weighted by molar-refractivity contribution is 5.84. The first-order chi connectivity index (χ1) is 8.68. The fourth-order valence-electron chi connectivity index (χ4n) is 2.43. The Kier molecular flexibility index (Phi) is 4.54. The third-order valence-electron chi connectivity index (χ3n) is 3.46. The molecular formula is C12H19NO5. The Balaban J connectivity index is 1.71. The summed E-state index contributed by atoms with van der Waals surface area (Å²) >= 11 is 0. The summed E-state index contributed by atoms with van der Waals surface area (Å²) in [7, 11) is 0. The smallest absolute Gasteiger partial charge is 0.326 e. The van der Waals surface area contributed by atoms with Crippen molar-refractivity contribution in [2.45, 2.75) is 25.3 Å². The summed E-state index contributed by atoms with van der Waals surface area (Å²) in [6.07, 6.45) is 2.26.